The number of halogens is 1. The van der Waals surface area contributed by atoms with Gasteiger partial charge in [0.05, 0.1) is 5.54 Å². The number of aryl methyl sites for hydroxylation is 1. The van der Waals surface area contributed by atoms with E-state index in [9.17, 15) is 4.79 Å². The van der Waals surface area contributed by atoms with E-state index in [1.54, 1.807) is 6.92 Å². The quantitative estimate of drug-likeness (QED) is 0.691. The molecule has 0 aromatic heterocycles. The van der Waals surface area contributed by atoms with E-state index in [4.69, 9.17) is 12.6 Å². The minimum Gasteiger partial charge on any atom is -0.312 e. The lowest BCUT2D eigenvalue weighted by Crippen LogP contribution is -2.42. The van der Waals surface area contributed by atoms with Gasteiger partial charge < -0.3 is 4.90 Å². The average molecular weight is 446 g/mol. The molecule has 1 saturated heterocycles. The molecular formula is C21H24BrN3OS. The summed E-state index contributed by atoms with van der Waals surface area (Å²) in [7, 11) is 2.08. The van der Waals surface area contributed by atoms with Crippen LogP contribution in [0.1, 0.15) is 30.0 Å². The molecule has 0 bridgehead atoms. The molecule has 0 spiro atoms. The maximum Gasteiger partial charge on any atom is 0.223 e. The SMILES string of the molecule is CC(=O)N1CCCc2cc(C3(c4cccc(Br)c4)CN(C)C(S)N3)ccc21. The first-order chi connectivity index (χ1) is 12.9. The molecule has 27 heavy (non-hydrogen) atoms. The molecule has 2 unspecified atom stereocenters. The molecule has 2 aliphatic heterocycles. The summed E-state index contributed by atoms with van der Waals surface area (Å²) in [6.45, 7) is 3.27. The molecule has 2 aromatic rings. The highest BCUT2D eigenvalue weighted by atomic mass is 79.9. The molecule has 1 N–H and O–H groups in total. The molecule has 2 heterocycles. The number of carbonyl (C=O) groups excluding carboxylic acids is 1. The van der Waals surface area contributed by atoms with E-state index in [1.807, 2.05) is 11.0 Å². The van der Waals surface area contributed by atoms with Crippen molar-refractivity contribution in [1.29, 1.82) is 0 Å². The van der Waals surface area contributed by atoms with Crippen molar-refractivity contribution in [2.45, 2.75) is 30.8 Å². The Morgan fingerprint density at radius 3 is 2.70 bits per heavy atom. The maximum absolute atomic E-state index is 12.0. The Morgan fingerprint density at radius 2 is 2.04 bits per heavy atom. The van der Waals surface area contributed by atoms with Crippen LogP contribution < -0.4 is 10.2 Å². The lowest BCUT2D eigenvalue weighted by molar-refractivity contribution is -0.116. The lowest BCUT2D eigenvalue weighted by Gasteiger charge is -2.34. The number of hydrogen-bond acceptors (Lipinski definition) is 4. The Kier molecular flexibility index (Phi) is 5.10. The van der Waals surface area contributed by atoms with Crippen LogP contribution in [0.15, 0.2) is 46.9 Å². The Morgan fingerprint density at radius 1 is 1.26 bits per heavy atom. The van der Waals surface area contributed by atoms with Crippen molar-refractivity contribution in [2.24, 2.45) is 0 Å². The first kappa shape index (κ1) is 19.0. The van der Waals surface area contributed by atoms with Crippen molar-refractivity contribution in [3.63, 3.8) is 0 Å². The number of amides is 1. The summed E-state index contributed by atoms with van der Waals surface area (Å²) < 4.78 is 1.06. The number of rotatable bonds is 2. The van der Waals surface area contributed by atoms with Crippen LogP contribution in [0.25, 0.3) is 0 Å². The fourth-order valence-corrected chi connectivity index (χ4v) is 5.00. The number of likely N-dealkylation sites (N-methyl/N-ethyl adjacent to an activating group) is 1. The van der Waals surface area contributed by atoms with Gasteiger partial charge in [0.15, 0.2) is 0 Å². The third kappa shape index (κ3) is 3.33. The smallest absolute Gasteiger partial charge is 0.223 e. The van der Waals surface area contributed by atoms with Gasteiger partial charge in [-0.2, -0.15) is 0 Å². The van der Waals surface area contributed by atoms with Crippen molar-refractivity contribution >= 4 is 40.2 Å². The largest absolute Gasteiger partial charge is 0.312 e. The number of nitrogens with one attached hydrogen (secondary N) is 1. The van der Waals surface area contributed by atoms with Gasteiger partial charge in [0, 0.05) is 30.2 Å². The second kappa shape index (κ2) is 7.24. The summed E-state index contributed by atoms with van der Waals surface area (Å²) in [5, 5.41) is 3.71. The van der Waals surface area contributed by atoms with E-state index in [0.717, 1.165) is 36.1 Å². The Bertz CT molecular complexity index is 877. The van der Waals surface area contributed by atoms with Gasteiger partial charge in [0.1, 0.15) is 5.50 Å². The van der Waals surface area contributed by atoms with Gasteiger partial charge in [-0.05, 0) is 54.8 Å². The van der Waals surface area contributed by atoms with Crippen molar-refractivity contribution in [1.82, 2.24) is 10.2 Å². The first-order valence-electron chi connectivity index (χ1n) is 9.24. The molecule has 0 aliphatic carbocycles. The molecule has 1 fully saturated rings. The number of anilines is 1. The maximum atomic E-state index is 12.0. The van der Waals surface area contributed by atoms with Crippen LogP contribution in [-0.4, -0.2) is 36.4 Å². The molecule has 2 aliphatic rings. The van der Waals surface area contributed by atoms with E-state index >= 15 is 0 Å². The Balaban J connectivity index is 1.84. The Hall–Kier alpha value is -1.34. The molecule has 2 atom stereocenters. The highest BCUT2D eigenvalue weighted by Gasteiger charge is 2.44. The number of carbonyl (C=O) groups is 1. The standard InChI is InChI=1S/C21H24BrN3OS/c1-14(26)25-10-4-5-15-11-17(8-9-19(15)25)21(13-24(2)20(27)23-21)16-6-3-7-18(22)12-16/h3,6-9,11-12,20,23,27H,4-5,10,13H2,1-2H3. The van der Waals surface area contributed by atoms with Gasteiger partial charge in [-0.3, -0.25) is 15.0 Å². The van der Waals surface area contributed by atoms with Crippen LogP contribution in [-0.2, 0) is 16.8 Å². The third-order valence-electron chi connectivity index (χ3n) is 5.67. The molecular weight excluding hydrogens is 422 g/mol. The molecule has 4 rings (SSSR count). The number of benzene rings is 2. The van der Waals surface area contributed by atoms with Gasteiger partial charge in [-0.15, -0.1) is 12.6 Å². The van der Waals surface area contributed by atoms with Crippen molar-refractivity contribution < 1.29 is 4.79 Å². The predicted molar refractivity (Wildman–Crippen MR) is 116 cm³/mol. The van der Waals surface area contributed by atoms with Crippen molar-refractivity contribution in [3.05, 3.63) is 63.6 Å². The lowest BCUT2D eigenvalue weighted by atomic mass is 9.81. The molecule has 0 saturated carbocycles. The number of fused-ring (bicyclic) bond motifs is 1. The van der Waals surface area contributed by atoms with Crippen molar-refractivity contribution in [2.75, 3.05) is 25.0 Å². The summed E-state index contributed by atoms with van der Waals surface area (Å²) in [5.74, 6) is 0.111. The van der Waals surface area contributed by atoms with E-state index in [1.165, 1.54) is 16.7 Å². The summed E-state index contributed by atoms with van der Waals surface area (Å²) >= 11 is 8.33. The first-order valence-corrected chi connectivity index (χ1v) is 10.6. The zero-order valence-corrected chi connectivity index (χ0v) is 18.1. The topological polar surface area (TPSA) is 35.6 Å². The monoisotopic (exact) mass is 445 g/mol. The molecule has 2 aromatic carbocycles. The molecule has 142 valence electrons. The average Bonchev–Trinajstić information content (AvgIpc) is 2.96. The molecule has 6 heteroatoms. The fourth-order valence-electron chi connectivity index (χ4n) is 4.30. The Labute approximate surface area is 174 Å². The predicted octanol–water partition coefficient (Wildman–Crippen LogP) is 3.74. The van der Waals surface area contributed by atoms with E-state index in [0.29, 0.717) is 0 Å². The van der Waals surface area contributed by atoms with Crippen LogP contribution in [0.4, 0.5) is 5.69 Å². The minimum atomic E-state index is -0.335. The minimum absolute atomic E-state index is 0.0197. The van der Waals surface area contributed by atoms with Gasteiger partial charge >= 0.3 is 0 Å². The molecule has 0 radical (unpaired) electrons. The summed E-state index contributed by atoms with van der Waals surface area (Å²) in [6, 6.07) is 15.0. The van der Waals surface area contributed by atoms with Gasteiger partial charge in [-0.25, -0.2) is 0 Å². The number of hydrogen-bond donors (Lipinski definition) is 2. The van der Waals surface area contributed by atoms with Crippen LogP contribution in [0, 0.1) is 0 Å². The van der Waals surface area contributed by atoms with E-state index < -0.39 is 0 Å². The third-order valence-corrected chi connectivity index (χ3v) is 6.68. The van der Waals surface area contributed by atoms with Gasteiger partial charge in [0.25, 0.3) is 0 Å². The van der Waals surface area contributed by atoms with Crippen molar-refractivity contribution in [3.8, 4) is 0 Å². The summed E-state index contributed by atoms with van der Waals surface area (Å²) in [5.41, 5.74) is 4.37. The highest BCUT2D eigenvalue weighted by molar-refractivity contribution is 9.10. The normalized spacial score (nSPS) is 25.5. The van der Waals surface area contributed by atoms with E-state index in [-0.39, 0.29) is 16.9 Å². The van der Waals surface area contributed by atoms with E-state index in [2.05, 4.69) is 69.6 Å². The number of thiol groups is 1. The molecule has 4 nitrogen and oxygen atoms in total. The summed E-state index contributed by atoms with van der Waals surface area (Å²) in [4.78, 5) is 16.1. The molecule has 1 amide bonds. The van der Waals surface area contributed by atoms with Gasteiger partial charge in [0.2, 0.25) is 5.91 Å². The highest BCUT2D eigenvalue weighted by Crippen LogP contribution is 2.40. The van der Waals surface area contributed by atoms with Crippen LogP contribution in [0.5, 0.6) is 0 Å². The second-order valence-corrected chi connectivity index (χ2v) is 8.87. The summed E-state index contributed by atoms with van der Waals surface area (Å²) in [6.07, 6.45) is 2.00. The van der Waals surface area contributed by atoms with Crippen LogP contribution in [0.2, 0.25) is 0 Å². The van der Waals surface area contributed by atoms with Crippen LogP contribution >= 0.6 is 28.6 Å². The van der Waals surface area contributed by atoms with Crippen LogP contribution in [0.3, 0.4) is 0 Å². The number of nitrogens with zero attached hydrogens (tertiary/aromatic N) is 2. The second-order valence-electron chi connectivity index (χ2n) is 7.47. The zero-order chi connectivity index (χ0) is 19.2. The fraction of sp³-hybridized carbons (Fsp3) is 0.381. The van der Waals surface area contributed by atoms with Gasteiger partial charge in [-0.1, -0.05) is 40.2 Å². The zero-order valence-electron chi connectivity index (χ0n) is 15.6.